The first kappa shape index (κ1) is 23.6. The lowest BCUT2D eigenvalue weighted by atomic mass is 9.71. The number of carbonyl (C=O) groups is 3. The topological polar surface area (TPSA) is 84.5 Å². The number of benzene rings is 2. The molecule has 35 heavy (non-hydrogen) atoms. The highest BCUT2D eigenvalue weighted by Gasteiger charge is 2.41. The highest BCUT2D eigenvalue weighted by molar-refractivity contribution is 6.42. The van der Waals surface area contributed by atoms with Crippen molar-refractivity contribution in [2.45, 2.75) is 44.4 Å². The second kappa shape index (κ2) is 9.88. The Bertz CT molecular complexity index is 1260. The van der Waals surface area contributed by atoms with Gasteiger partial charge >= 0.3 is 0 Å². The summed E-state index contributed by atoms with van der Waals surface area (Å²) in [5.74, 6) is -0.275. The van der Waals surface area contributed by atoms with E-state index in [4.69, 9.17) is 27.9 Å². The molecule has 2 aromatic carbocycles. The van der Waals surface area contributed by atoms with Crippen LogP contribution in [-0.4, -0.2) is 24.1 Å². The second-order valence-electron chi connectivity index (χ2n) is 8.90. The van der Waals surface area contributed by atoms with Crippen LogP contribution < -0.4 is 15.4 Å². The van der Waals surface area contributed by atoms with Gasteiger partial charge in [-0.05, 0) is 49.9 Å². The quantitative estimate of drug-likeness (QED) is 0.537. The first-order valence-corrected chi connectivity index (χ1v) is 12.4. The number of hydrogen-bond acceptors (Lipinski definition) is 5. The van der Waals surface area contributed by atoms with Crippen LogP contribution >= 0.6 is 23.2 Å². The Morgan fingerprint density at radius 2 is 1.57 bits per heavy atom. The number of para-hydroxylation sites is 1. The van der Waals surface area contributed by atoms with Gasteiger partial charge in [-0.15, -0.1) is 0 Å². The molecule has 8 heteroatoms. The fraction of sp³-hybridized carbons (Fsp3) is 0.296. The van der Waals surface area contributed by atoms with E-state index in [0.717, 1.165) is 42.6 Å². The van der Waals surface area contributed by atoms with Gasteiger partial charge in [0.2, 0.25) is 0 Å². The van der Waals surface area contributed by atoms with E-state index < -0.39 is 5.92 Å². The minimum atomic E-state index is -0.490. The van der Waals surface area contributed by atoms with E-state index in [0.29, 0.717) is 45.5 Å². The average Bonchev–Trinajstić information content (AvgIpc) is 2.84. The molecule has 0 saturated carbocycles. The van der Waals surface area contributed by atoms with Gasteiger partial charge in [0.05, 0.1) is 10.0 Å². The molecular weight excluding hydrogens is 487 g/mol. The van der Waals surface area contributed by atoms with E-state index in [1.807, 2.05) is 18.2 Å². The molecule has 1 aliphatic heterocycles. The number of rotatable bonds is 5. The van der Waals surface area contributed by atoms with Crippen molar-refractivity contribution in [2.75, 3.05) is 11.9 Å². The molecule has 0 atom stereocenters. The largest absolute Gasteiger partial charge is 0.483 e. The summed E-state index contributed by atoms with van der Waals surface area (Å²) in [6.07, 6.45) is 4.06. The summed E-state index contributed by atoms with van der Waals surface area (Å²) in [6, 6.07) is 12.1. The zero-order chi connectivity index (χ0) is 24.5. The first-order valence-electron chi connectivity index (χ1n) is 11.7. The summed E-state index contributed by atoms with van der Waals surface area (Å²) >= 11 is 12.0. The van der Waals surface area contributed by atoms with Crippen LogP contribution in [0.4, 0.5) is 5.69 Å². The summed E-state index contributed by atoms with van der Waals surface area (Å²) in [5.41, 5.74) is 4.36. The summed E-state index contributed by atoms with van der Waals surface area (Å²) in [6.45, 7) is -0.248. The van der Waals surface area contributed by atoms with E-state index in [9.17, 15) is 14.4 Å². The number of carbonyl (C=O) groups excluding carboxylic acids is 3. The molecule has 1 heterocycles. The van der Waals surface area contributed by atoms with Gasteiger partial charge in [0, 0.05) is 52.6 Å². The van der Waals surface area contributed by atoms with Crippen LogP contribution in [-0.2, 0) is 14.4 Å². The molecule has 6 nitrogen and oxygen atoms in total. The van der Waals surface area contributed by atoms with Gasteiger partial charge in [0.25, 0.3) is 5.91 Å². The van der Waals surface area contributed by atoms with Crippen LogP contribution in [0.2, 0.25) is 10.0 Å². The Kier molecular flexibility index (Phi) is 6.67. The molecule has 3 aliphatic rings. The Morgan fingerprint density at radius 3 is 2.23 bits per heavy atom. The van der Waals surface area contributed by atoms with Gasteiger partial charge in [-0.1, -0.05) is 41.4 Å². The minimum absolute atomic E-state index is 0.0563. The smallest absolute Gasteiger partial charge is 0.262 e. The minimum Gasteiger partial charge on any atom is -0.483 e. The molecule has 0 unspecified atom stereocenters. The highest BCUT2D eigenvalue weighted by Crippen LogP contribution is 2.47. The SMILES string of the molecule is O=C(COc1ccccc1C1C2=C(CCCC2=O)NC2=C1C(=O)CCC2)Nc1ccc(Cl)c(Cl)c1. The molecule has 0 aromatic heterocycles. The van der Waals surface area contributed by atoms with E-state index in [1.165, 1.54) is 0 Å². The zero-order valence-electron chi connectivity index (χ0n) is 19.0. The van der Waals surface area contributed by atoms with Crippen molar-refractivity contribution in [1.29, 1.82) is 0 Å². The standard InChI is InChI=1S/C27H24Cl2N2O4/c28-17-12-11-15(13-18(17)29)30-24(34)14-35-23-10-2-1-5-16(23)25-26-19(6-3-8-21(26)32)31-20-7-4-9-22(33)27(20)25/h1-2,5,10-13,25,31H,3-4,6-9,14H2,(H,30,34). The molecule has 0 bridgehead atoms. The van der Waals surface area contributed by atoms with Crippen molar-refractivity contribution in [1.82, 2.24) is 5.32 Å². The van der Waals surface area contributed by atoms with Crippen molar-refractivity contribution in [2.24, 2.45) is 0 Å². The first-order chi connectivity index (χ1) is 16.9. The summed E-state index contributed by atoms with van der Waals surface area (Å²) in [4.78, 5) is 38.7. The van der Waals surface area contributed by atoms with Crippen LogP contribution in [0.1, 0.15) is 50.0 Å². The van der Waals surface area contributed by atoms with Gasteiger partial charge in [0.1, 0.15) is 5.75 Å². The molecule has 1 amide bonds. The third-order valence-corrected chi connectivity index (χ3v) is 7.32. The molecule has 2 aliphatic carbocycles. The molecule has 0 saturated heterocycles. The highest BCUT2D eigenvalue weighted by atomic mass is 35.5. The molecule has 5 rings (SSSR count). The average molecular weight is 511 g/mol. The summed E-state index contributed by atoms with van der Waals surface area (Å²) in [5, 5.41) is 6.89. The summed E-state index contributed by atoms with van der Waals surface area (Å²) < 4.78 is 5.95. The number of halogens is 2. The Hall–Kier alpha value is -3.09. The summed E-state index contributed by atoms with van der Waals surface area (Å²) in [7, 11) is 0. The molecule has 180 valence electrons. The van der Waals surface area contributed by atoms with Crippen molar-refractivity contribution in [3.63, 3.8) is 0 Å². The van der Waals surface area contributed by atoms with Crippen LogP contribution in [0.25, 0.3) is 0 Å². The van der Waals surface area contributed by atoms with Gasteiger partial charge in [-0.2, -0.15) is 0 Å². The molecular formula is C27H24Cl2N2O4. The lowest BCUT2D eigenvalue weighted by Crippen LogP contribution is -2.36. The van der Waals surface area contributed by atoms with Crippen LogP contribution in [0.5, 0.6) is 5.75 Å². The number of ketones is 2. The van der Waals surface area contributed by atoms with Crippen molar-refractivity contribution in [3.8, 4) is 5.75 Å². The fourth-order valence-electron chi connectivity index (χ4n) is 5.06. The van der Waals surface area contributed by atoms with Gasteiger partial charge in [-0.3, -0.25) is 14.4 Å². The Balaban J connectivity index is 1.44. The molecule has 0 fully saturated rings. The molecule has 0 radical (unpaired) electrons. The second-order valence-corrected chi connectivity index (χ2v) is 9.71. The number of allylic oxidation sites excluding steroid dienone is 4. The molecule has 2 aromatic rings. The van der Waals surface area contributed by atoms with Crippen molar-refractivity contribution in [3.05, 3.63) is 80.6 Å². The number of dihydropyridines is 1. The zero-order valence-corrected chi connectivity index (χ0v) is 20.5. The Morgan fingerprint density at radius 1 is 0.914 bits per heavy atom. The third-order valence-electron chi connectivity index (χ3n) is 6.58. The van der Waals surface area contributed by atoms with E-state index in [1.54, 1.807) is 24.3 Å². The predicted molar refractivity (Wildman–Crippen MR) is 135 cm³/mol. The fourth-order valence-corrected chi connectivity index (χ4v) is 5.36. The third kappa shape index (κ3) is 4.73. The van der Waals surface area contributed by atoms with Crippen LogP contribution in [0.15, 0.2) is 65.0 Å². The maximum Gasteiger partial charge on any atom is 0.262 e. The van der Waals surface area contributed by atoms with E-state index in [-0.39, 0.29) is 24.1 Å². The predicted octanol–water partition coefficient (Wildman–Crippen LogP) is 5.71. The number of ether oxygens (including phenoxy) is 1. The van der Waals surface area contributed by atoms with E-state index in [2.05, 4.69) is 10.6 Å². The molecule has 0 spiro atoms. The molecule has 2 N–H and O–H groups in total. The monoisotopic (exact) mass is 510 g/mol. The van der Waals surface area contributed by atoms with Crippen LogP contribution in [0, 0.1) is 0 Å². The Labute approximate surface area is 213 Å². The normalized spacial score (nSPS) is 18.1. The van der Waals surface area contributed by atoms with Crippen molar-refractivity contribution < 1.29 is 19.1 Å². The number of Topliss-reactive ketones (excluding diaryl/α,β-unsaturated/α-hetero) is 2. The number of amides is 1. The number of nitrogens with one attached hydrogen (secondary N) is 2. The number of hydrogen-bond donors (Lipinski definition) is 2. The van der Waals surface area contributed by atoms with Crippen LogP contribution in [0.3, 0.4) is 0 Å². The van der Waals surface area contributed by atoms with Crippen molar-refractivity contribution >= 4 is 46.4 Å². The maximum atomic E-state index is 13.1. The van der Waals surface area contributed by atoms with Gasteiger partial charge in [-0.25, -0.2) is 0 Å². The lowest BCUT2D eigenvalue weighted by Gasteiger charge is -2.37. The lowest BCUT2D eigenvalue weighted by molar-refractivity contribution is -0.119. The van der Waals surface area contributed by atoms with Gasteiger partial charge < -0.3 is 15.4 Å². The van der Waals surface area contributed by atoms with Gasteiger partial charge in [0.15, 0.2) is 18.2 Å². The maximum absolute atomic E-state index is 13.1. The number of anilines is 1. The van der Waals surface area contributed by atoms with E-state index >= 15 is 0 Å².